The van der Waals surface area contributed by atoms with Gasteiger partial charge in [-0.15, -0.1) is 10.2 Å². The molecule has 3 aromatic rings. The molecule has 2 N–H and O–H groups in total. The molecule has 0 fully saturated rings. The van der Waals surface area contributed by atoms with Crippen LogP contribution in [0.2, 0.25) is 0 Å². The molecule has 0 radical (unpaired) electrons. The van der Waals surface area contributed by atoms with Crippen molar-refractivity contribution in [1.29, 1.82) is 0 Å². The molecule has 0 amide bonds. The molecule has 0 aliphatic carbocycles. The summed E-state index contributed by atoms with van der Waals surface area (Å²) < 4.78 is 12.9. The molecule has 4 nitrogen and oxygen atoms in total. The number of para-hydroxylation sites is 1. The van der Waals surface area contributed by atoms with Gasteiger partial charge in [-0.3, -0.25) is 0 Å². The minimum absolute atomic E-state index is 0.242. The van der Waals surface area contributed by atoms with Gasteiger partial charge in [-0.05, 0) is 55.5 Å². The highest BCUT2D eigenvalue weighted by Gasteiger charge is 2.04. The SMILES string of the molecule is CC(CNc1ccc(-c2ccc(F)cc2)nn1)Nc1ccccc1. The predicted molar refractivity (Wildman–Crippen MR) is 95.4 cm³/mol. The summed E-state index contributed by atoms with van der Waals surface area (Å²) >= 11 is 0. The molecule has 5 heteroatoms. The third-order valence-corrected chi connectivity index (χ3v) is 3.58. The molecule has 0 bridgehead atoms. The summed E-state index contributed by atoms with van der Waals surface area (Å²) in [4.78, 5) is 0. The van der Waals surface area contributed by atoms with Crippen LogP contribution in [0.1, 0.15) is 6.92 Å². The number of nitrogens with zero attached hydrogens (tertiary/aromatic N) is 2. The molecule has 1 unspecified atom stereocenters. The van der Waals surface area contributed by atoms with Gasteiger partial charge in [0, 0.05) is 23.8 Å². The zero-order valence-electron chi connectivity index (χ0n) is 13.4. The van der Waals surface area contributed by atoms with Crippen molar-refractivity contribution < 1.29 is 4.39 Å². The van der Waals surface area contributed by atoms with E-state index in [9.17, 15) is 4.39 Å². The molecule has 24 heavy (non-hydrogen) atoms. The van der Waals surface area contributed by atoms with Crippen LogP contribution in [0.25, 0.3) is 11.3 Å². The topological polar surface area (TPSA) is 49.8 Å². The number of anilines is 2. The molecule has 0 saturated carbocycles. The maximum atomic E-state index is 12.9. The molecule has 3 rings (SSSR count). The fourth-order valence-electron chi connectivity index (χ4n) is 2.33. The maximum Gasteiger partial charge on any atom is 0.148 e. The Morgan fingerprint density at radius 3 is 2.33 bits per heavy atom. The van der Waals surface area contributed by atoms with Crippen molar-refractivity contribution in [2.45, 2.75) is 13.0 Å². The van der Waals surface area contributed by atoms with E-state index in [2.05, 4.69) is 27.8 Å². The van der Waals surface area contributed by atoms with Crippen molar-refractivity contribution in [3.8, 4) is 11.3 Å². The Bertz CT molecular complexity index is 758. The van der Waals surface area contributed by atoms with Gasteiger partial charge >= 0.3 is 0 Å². The lowest BCUT2D eigenvalue weighted by Gasteiger charge is -2.16. The van der Waals surface area contributed by atoms with E-state index in [1.807, 2.05) is 42.5 Å². The standard InChI is InChI=1S/C19H19FN4/c1-14(22-17-5-3-2-4-6-17)13-21-19-12-11-18(23-24-19)15-7-9-16(20)10-8-15/h2-12,14,22H,13H2,1H3,(H,21,24). The van der Waals surface area contributed by atoms with E-state index in [0.717, 1.165) is 23.5 Å². The van der Waals surface area contributed by atoms with Gasteiger partial charge in [0.25, 0.3) is 0 Å². The van der Waals surface area contributed by atoms with Gasteiger partial charge in [-0.25, -0.2) is 4.39 Å². The van der Waals surface area contributed by atoms with Crippen LogP contribution < -0.4 is 10.6 Å². The first kappa shape index (κ1) is 15.9. The Hall–Kier alpha value is -2.95. The van der Waals surface area contributed by atoms with Crippen LogP contribution in [-0.2, 0) is 0 Å². The predicted octanol–water partition coefficient (Wildman–Crippen LogP) is 4.20. The van der Waals surface area contributed by atoms with E-state index in [-0.39, 0.29) is 11.9 Å². The van der Waals surface area contributed by atoms with E-state index in [1.54, 1.807) is 12.1 Å². The van der Waals surface area contributed by atoms with Crippen molar-refractivity contribution in [3.63, 3.8) is 0 Å². The minimum Gasteiger partial charge on any atom is -0.381 e. The Kier molecular flexibility index (Phi) is 5.01. The molecular weight excluding hydrogens is 303 g/mol. The third-order valence-electron chi connectivity index (χ3n) is 3.58. The third kappa shape index (κ3) is 4.29. The molecule has 0 spiro atoms. The lowest BCUT2D eigenvalue weighted by molar-refractivity contribution is 0.628. The van der Waals surface area contributed by atoms with Crippen LogP contribution in [-0.4, -0.2) is 22.8 Å². The molecular formula is C19H19FN4. The molecule has 0 aliphatic heterocycles. The van der Waals surface area contributed by atoms with E-state index in [0.29, 0.717) is 5.82 Å². The first-order chi connectivity index (χ1) is 11.7. The van der Waals surface area contributed by atoms with E-state index in [4.69, 9.17) is 0 Å². The molecule has 0 saturated heterocycles. The number of halogens is 1. The van der Waals surface area contributed by atoms with Crippen LogP contribution in [0.5, 0.6) is 0 Å². The van der Waals surface area contributed by atoms with Crippen LogP contribution in [0.3, 0.4) is 0 Å². The number of rotatable bonds is 6. The van der Waals surface area contributed by atoms with Crippen LogP contribution in [0.4, 0.5) is 15.9 Å². The van der Waals surface area contributed by atoms with Gasteiger partial charge in [0.15, 0.2) is 0 Å². The average molecular weight is 322 g/mol. The average Bonchev–Trinajstić information content (AvgIpc) is 2.62. The monoisotopic (exact) mass is 322 g/mol. The van der Waals surface area contributed by atoms with E-state index >= 15 is 0 Å². The molecule has 1 atom stereocenters. The normalized spacial score (nSPS) is 11.8. The van der Waals surface area contributed by atoms with Gasteiger partial charge in [0.1, 0.15) is 11.6 Å². The summed E-state index contributed by atoms with van der Waals surface area (Å²) in [6.45, 7) is 2.82. The minimum atomic E-state index is -0.259. The van der Waals surface area contributed by atoms with E-state index in [1.165, 1.54) is 12.1 Å². The lowest BCUT2D eigenvalue weighted by atomic mass is 10.1. The fourth-order valence-corrected chi connectivity index (χ4v) is 2.33. The largest absolute Gasteiger partial charge is 0.381 e. The van der Waals surface area contributed by atoms with Crippen molar-refractivity contribution in [2.75, 3.05) is 17.2 Å². The summed E-state index contributed by atoms with van der Waals surface area (Å²) in [5.41, 5.74) is 2.65. The summed E-state index contributed by atoms with van der Waals surface area (Å²) in [6, 6.07) is 20.3. The lowest BCUT2D eigenvalue weighted by Crippen LogP contribution is -2.25. The summed E-state index contributed by atoms with van der Waals surface area (Å²) in [7, 11) is 0. The highest BCUT2D eigenvalue weighted by Crippen LogP contribution is 2.17. The van der Waals surface area contributed by atoms with Gasteiger partial charge in [-0.1, -0.05) is 18.2 Å². The van der Waals surface area contributed by atoms with Crippen LogP contribution in [0, 0.1) is 5.82 Å². The van der Waals surface area contributed by atoms with Crippen molar-refractivity contribution >= 4 is 11.5 Å². The number of hydrogen-bond acceptors (Lipinski definition) is 4. The van der Waals surface area contributed by atoms with Gasteiger partial charge in [0.2, 0.25) is 0 Å². The maximum absolute atomic E-state index is 12.9. The van der Waals surface area contributed by atoms with Crippen molar-refractivity contribution in [1.82, 2.24) is 10.2 Å². The number of aromatic nitrogens is 2. The Morgan fingerprint density at radius 2 is 1.67 bits per heavy atom. The Balaban J connectivity index is 1.55. The second-order valence-electron chi connectivity index (χ2n) is 5.60. The highest BCUT2D eigenvalue weighted by molar-refractivity contribution is 5.59. The molecule has 1 aromatic heterocycles. The molecule has 1 heterocycles. The molecule has 0 aliphatic rings. The number of hydrogen-bond donors (Lipinski definition) is 2. The highest BCUT2D eigenvalue weighted by atomic mass is 19.1. The first-order valence-corrected chi connectivity index (χ1v) is 7.86. The molecule has 2 aromatic carbocycles. The van der Waals surface area contributed by atoms with Crippen LogP contribution >= 0.6 is 0 Å². The summed E-state index contributed by atoms with van der Waals surface area (Å²) in [5, 5.41) is 15.0. The zero-order valence-corrected chi connectivity index (χ0v) is 13.4. The summed E-state index contributed by atoms with van der Waals surface area (Å²) in [5.74, 6) is 0.451. The number of benzene rings is 2. The van der Waals surface area contributed by atoms with Crippen molar-refractivity contribution in [3.05, 3.63) is 72.5 Å². The number of nitrogens with one attached hydrogen (secondary N) is 2. The summed E-state index contributed by atoms with van der Waals surface area (Å²) in [6.07, 6.45) is 0. The smallest absolute Gasteiger partial charge is 0.148 e. The Morgan fingerprint density at radius 1 is 0.917 bits per heavy atom. The van der Waals surface area contributed by atoms with E-state index < -0.39 is 0 Å². The second-order valence-corrected chi connectivity index (χ2v) is 5.60. The zero-order chi connectivity index (χ0) is 16.8. The van der Waals surface area contributed by atoms with Gasteiger partial charge in [0.05, 0.1) is 5.69 Å². The first-order valence-electron chi connectivity index (χ1n) is 7.86. The van der Waals surface area contributed by atoms with Crippen molar-refractivity contribution in [2.24, 2.45) is 0 Å². The Labute approximate surface area is 140 Å². The van der Waals surface area contributed by atoms with Gasteiger partial charge in [-0.2, -0.15) is 0 Å². The molecule has 122 valence electrons. The second kappa shape index (κ2) is 7.55. The van der Waals surface area contributed by atoms with Gasteiger partial charge < -0.3 is 10.6 Å². The quantitative estimate of drug-likeness (QED) is 0.714. The fraction of sp³-hybridized carbons (Fsp3) is 0.158. The van der Waals surface area contributed by atoms with Crippen LogP contribution in [0.15, 0.2) is 66.7 Å².